The highest BCUT2D eigenvalue weighted by Gasteiger charge is 2.10. The molecule has 1 aromatic heterocycles. The third-order valence-corrected chi connectivity index (χ3v) is 3.47. The van der Waals surface area contributed by atoms with Crippen LogP contribution in [0, 0.1) is 6.92 Å². The number of rotatable bonds is 4. The van der Waals surface area contributed by atoms with Crippen molar-refractivity contribution >= 4 is 15.9 Å². The summed E-state index contributed by atoms with van der Waals surface area (Å²) in [4.78, 5) is 0. The summed E-state index contributed by atoms with van der Waals surface area (Å²) in [6.07, 6.45) is 4.16. The molecule has 1 heterocycles. The molecule has 0 radical (unpaired) electrons. The van der Waals surface area contributed by atoms with Crippen LogP contribution in [0.15, 0.2) is 30.5 Å². The molecule has 0 unspecified atom stereocenters. The van der Waals surface area contributed by atoms with Gasteiger partial charge >= 0.3 is 0 Å². The van der Waals surface area contributed by atoms with Gasteiger partial charge in [-0.2, -0.15) is 5.10 Å². The maximum absolute atomic E-state index is 4.49. The molecule has 3 heteroatoms. The van der Waals surface area contributed by atoms with Gasteiger partial charge in [-0.1, -0.05) is 47.0 Å². The van der Waals surface area contributed by atoms with Crippen LogP contribution in [0.5, 0.6) is 0 Å². The molecule has 17 heavy (non-hydrogen) atoms. The van der Waals surface area contributed by atoms with E-state index in [0.717, 1.165) is 23.9 Å². The minimum absolute atomic E-state index is 0.869. The fourth-order valence-electron chi connectivity index (χ4n) is 1.93. The summed E-state index contributed by atoms with van der Waals surface area (Å²) in [6, 6.07) is 8.50. The van der Waals surface area contributed by atoms with Gasteiger partial charge in [-0.3, -0.25) is 0 Å². The van der Waals surface area contributed by atoms with Gasteiger partial charge in [-0.05, 0) is 25.5 Å². The molecule has 90 valence electrons. The van der Waals surface area contributed by atoms with Gasteiger partial charge in [-0.15, -0.1) is 0 Å². The van der Waals surface area contributed by atoms with Crippen molar-refractivity contribution in [3.05, 3.63) is 47.3 Å². The van der Waals surface area contributed by atoms with Crippen LogP contribution in [-0.4, -0.2) is 9.78 Å². The van der Waals surface area contributed by atoms with Gasteiger partial charge < -0.3 is 0 Å². The number of hydrogen-bond acceptors (Lipinski definition) is 1. The van der Waals surface area contributed by atoms with Crippen molar-refractivity contribution in [1.29, 1.82) is 0 Å². The van der Waals surface area contributed by atoms with Gasteiger partial charge in [0.15, 0.2) is 0 Å². The topological polar surface area (TPSA) is 17.8 Å². The normalized spacial score (nSPS) is 10.8. The van der Waals surface area contributed by atoms with E-state index >= 15 is 0 Å². The van der Waals surface area contributed by atoms with Crippen molar-refractivity contribution in [2.75, 3.05) is 0 Å². The lowest BCUT2D eigenvalue weighted by molar-refractivity contribution is 0.771. The van der Waals surface area contributed by atoms with E-state index in [0.29, 0.717) is 0 Å². The highest BCUT2D eigenvalue weighted by molar-refractivity contribution is 9.08. The summed E-state index contributed by atoms with van der Waals surface area (Å²) in [5.74, 6) is 0. The Balaban J connectivity index is 2.43. The second kappa shape index (κ2) is 5.50. The average molecular weight is 293 g/mol. The fraction of sp³-hybridized carbons (Fsp3) is 0.357. The quantitative estimate of drug-likeness (QED) is 0.778. The van der Waals surface area contributed by atoms with Crippen LogP contribution in [-0.2, 0) is 11.8 Å². The van der Waals surface area contributed by atoms with E-state index in [9.17, 15) is 0 Å². The highest BCUT2D eigenvalue weighted by atomic mass is 79.9. The number of benzene rings is 1. The first-order valence-electron chi connectivity index (χ1n) is 5.95. The molecule has 1 aromatic carbocycles. The van der Waals surface area contributed by atoms with Crippen LogP contribution in [0.1, 0.15) is 30.2 Å². The van der Waals surface area contributed by atoms with Crippen LogP contribution >= 0.6 is 15.9 Å². The lowest BCUT2D eigenvalue weighted by atomic mass is 10.1. The zero-order valence-corrected chi connectivity index (χ0v) is 11.9. The summed E-state index contributed by atoms with van der Waals surface area (Å²) in [5, 5.41) is 5.36. The summed E-state index contributed by atoms with van der Waals surface area (Å²) in [6.45, 7) is 4.30. The Morgan fingerprint density at radius 1 is 1.24 bits per heavy atom. The summed E-state index contributed by atoms with van der Waals surface area (Å²) >= 11 is 3.52. The monoisotopic (exact) mass is 292 g/mol. The zero-order chi connectivity index (χ0) is 12.3. The lowest BCUT2D eigenvalue weighted by Gasteiger charge is -2.08. The Morgan fingerprint density at radius 2 is 1.94 bits per heavy atom. The largest absolute Gasteiger partial charge is 0.238 e. The van der Waals surface area contributed by atoms with Crippen LogP contribution < -0.4 is 0 Å². The number of alkyl halides is 1. The Hall–Kier alpha value is -1.09. The van der Waals surface area contributed by atoms with E-state index in [1.54, 1.807) is 0 Å². The molecule has 0 saturated heterocycles. The molecule has 0 saturated carbocycles. The fourth-order valence-corrected chi connectivity index (χ4v) is 2.40. The van der Waals surface area contributed by atoms with E-state index in [-0.39, 0.29) is 0 Å². The van der Waals surface area contributed by atoms with Crippen LogP contribution in [0.25, 0.3) is 5.69 Å². The molecule has 2 rings (SSSR count). The SMILES string of the molecule is CCCc1c(CBr)cnn1-c1ccc(C)cc1. The van der Waals surface area contributed by atoms with Crippen molar-refractivity contribution in [1.82, 2.24) is 9.78 Å². The molecule has 2 nitrogen and oxygen atoms in total. The molecular weight excluding hydrogens is 276 g/mol. The number of nitrogens with zero attached hydrogens (tertiary/aromatic N) is 2. The molecule has 0 spiro atoms. The first-order chi connectivity index (χ1) is 8.26. The standard InChI is InChI=1S/C14H17BrN2/c1-3-4-14-12(9-15)10-16-17(14)13-7-5-11(2)6-8-13/h5-8,10H,3-4,9H2,1-2H3. The number of aromatic nitrogens is 2. The summed E-state index contributed by atoms with van der Waals surface area (Å²) in [5.41, 5.74) is 5.02. The van der Waals surface area contributed by atoms with Crippen molar-refractivity contribution < 1.29 is 0 Å². The Morgan fingerprint density at radius 3 is 2.53 bits per heavy atom. The van der Waals surface area contributed by atoms with E-state index in [1.165, 1.54) is 16.8 Å². The zero-order valence-electron chi connectivity index (χ0n) is 10.3. The van der Waals surface area contributed by atoms with Crippen LogP contribution in [0.4, 0.5) is 0 Å². The molecule has 0 fully saturated rings. The van der Waals surface area contributed by atoms with Crippen molar-refractivity contribution in [3.8, 4) is 5.69 Å². The third-order valence-electron chi connectivity index (χ3n) is 2.86. The second-order valence-electron chi connectivity index (χ2n) is 4.25. The van der Waals surface area contributed by atoms with Crippen molar-refractivity contribution in [3.63, 3.8) is 0 Å². The molecular formula is C14H17BrN2. The van der Waals surface area contributed by atoms with Crippen LogP contribution in [0.2, 0.25) is 0 Å². The number of hydrogen-bond donors (Lipinski definition) is 0. The molecule has 0 N–H and O–H groups in total. The predicted octanol–water partition coefficient (Wildman–Crippen LogP) is 4.03. The maximum atomic E-state index is 4.49. The van der Waals surface area contributed by atoms with Crippen LogP contribution in [0.3, 0.4) is 0 Å². The Labute approximate surface area is 111 Å². The predicted molar refractivity (Wildman–Crippen MR) is 74.9 cm³/mol. The van der Waals surface area contributed by atoms with E-state index < -0.39 is 0 Å². The average Bonchev–Trinajstić information content (AvgIpc) is 2.74. The van der Waals surface area contributed by atoms with E-state index in [4.69, 9.17) is 0 Å². The molecule has 0 bridgehead atoms. The van der Waals surface area contributed by atoms with E-state index in [2.05, 4.69) is 63.8 Å². The minimum Gasteiger partial charge on any atom is -0.238 e. The van der Waals surface area contributed by atoms with Crippen molar-refractivity contribution in [2.45, 2.75) is 32.0 Å². The first kappa shape index (κ1) is 12.4. The molecule has 0 amide bonds. The van der Waals surface area contributed by atoms with Gasteiger partial charge in [0, 0.05) is 16.6 Å². The Kier molecular flexibility index (Phi) is 4.00. The Bertz CT molecular complexity index is 485. The third kappa shape index (κ3) is 2.60. The van der Waals surface area contributed by atoms with Gasteiger partial charge in [0.05, 0.1) is 11.9 Å². The number of halogens is 1. The van der Waals surface area contributed by atoms with Gasteiger partial charge in [0.1, 0.15) is 0 Å². The molecule has 2 aromatic rings. The smallest absolute Gasteiger partial charge is 0.0649 e. The van der Waals surface area contributed by atoms with Gasteiger partial charge in [0.25, 0.3) is 0 Å². The molecule has 0 atom stereocenters. The molecule has 0 aliphatic rings. The van der Waals surface area contributed by atoms with Crippen molar-refractivity contribution in [2.24, 2.45) is 0 Å². The summed E-state index contributed by atoms with van der Waals surface area (Å²) in [7, 11) is 0. The first-order valence-corrected chi connectivity index (χ1v) is 7.07. The minimum atomic E-state index is 0.869. The molecule has 0 aliphatic carbocycles. The van der Waals surface area contributed by atoms with Gasteiger partial charge in [-0.25, -0.2) is 4.68 Å². The van der Waals surface area contributed by atoms with Gasteiger partial charge in [0.2, 0.25) is 0 Å². The molecule has 0 aliphatic heterocycles. The lowest BCUT2D eigenvalue weighted by Crippen LogP contribution is -2.03. The highest BCUT2D eigenvalue weighted by Crippen LogP contribution is 2.19. The number of aryl methyl sites for hydroxylation is 1. The van der Waals surface area contributed by atoms with E-state index in [1.807, 2.05) is 6.20 Å². The second-order valence-corrected chi connectivity index (χ2v) is 4.81. The summed E-state index contributed by atoms with van der Waals surface area (Å²) < 4.78 is 2.06. The maximum Gasteiger partial charge on any atom is 0.0649 e.